The third-order valence-corrected chi connectivity index (χ3v) is 2.22. The van der Waals surface area contributed by atoms with Gasteiger partial charge in [-0.1, -0.05) is 0 Å². The highest BCUT2D eigenvalue weighted by molar-refractivity contribution is 5.68. The molecular weight excluding hydrogens is 192 g/mol. The summed E-state index contributed by atoms with van der Waals surface area (Å²) in [5.41, 5.74) is 7.36. The monoisotopic (exact) mass is 210 g/mol. The van der Waals surface area contributed by atoms with Gasteiger partial charge in [-0.15, -0.1) is 0 Å². The van der Waals surface area contributed by atoms with Crippen LogP contribution in [0.1, 0.15) is 13.3 Å². The molecule has 0 saturated heterocycles. The summed E-state index contributed by atoms with van der Waals surface area (Å²) >= 11 is 0. The summed E-state index contributed by atoms with van der Waals surface area (Å²) in [5.74, 6) is 0.743. The Morgan fingerprint density at radius 2 is 2.27 bits per heavy atom. The summed E-state index contributed by atoms with van der Waals surface area (Å²) in [6.07, 6.45) is 0.700. The Morgan fingerprint density at radius 1 is 1.53 bits per heavy atom. The second-order valence-electron chi connectivity index (χ2n) is 3.51. The van der Waals surface area contributed by atoms with E-state index in [-0.39, 0.29) is 12.6 Å². The molecule has 84 valence electrons. The molecule has 1 unspecified atom stereocenters. The number of nitrogen functional groups attached to an aromatic ring is 1. The van der Waals surface area contributed by atoms with Crippen molar-refractivity contribution in [1.82, 2.24) is 0 Å². The van der Waals surface area contributed by atoms with Crippen molar-refractivity contribution in [2.75, 3.05) is 24.8 Å². The number of hydrogen-bond acceptors (Lipinski definition) is 4. The fourth-order valence-electron chi connectivity index (χ4n) is 1.33. The topological polar surface area (TPSA) is 67.5 Å². The highest BCUT2D eigenvalue weighted by atomic mass is 16.5. The van der Waals surface area contributed by atoms with Crippen LogP contribution >= 0.6 is 0 Å². The number of anilines is 2. The molecule has 1 atom stereocenters. The van der Waals surface area contributed by atoms with E-state index >= 15 is 0 Å². The fourth-order valence-corrected chi connectivity index (χ4v) is 1.33. The third-order valence-electron chi connectivity index (χ3n) is 2.22. The highest BCUT2D eigenvalue weighted by Gasteiger charge is 2.04. The molecule has 0 spiro atoms. The second-order valence-corrected chi connectivity index (χ2v) is 3.51. The first-order valence-electron chi connectivity index (χ1n) is 4.98. The quantitative estimate of drug-likeness (QED) is 0.644. The van der Waals surface area contributed by atoms with Crippen molar-refractivity contribution in [2.24, 2.45) is 0 Å². The summed E-state index contributed by atoms with van der Waals surface area (Å²) in [6, 6.07) is 5.70. The minimum absolute atomic E-state index is 0.171. The maximum Gasteiger partial charge on any atom is 0.121 e. The lowest BCUT2D eigenvalue weighted by molar-refractivity contribution is 0.282. The smallest absolute Gasteiger partial charge is 0.121 e. The van der Waals surface area contributed by atoms with Crippen molar-refractivity contribution in [1.29, 1.82) is 0 Å². The number of aliphatic hydroxyl groups is 1. The molecule has 4 heteroatoms. The molecule has 1 aromatic carbocycles. The van der Waals surface area contributed by atoms with Crippen molar-refractivity contribution >= 4 is 11.4 Å². The van der Waals surface area contributed by atoms with Crippen molar-refractivity contribution < 1.29 is 9.84 Å². The standard InChI is InChI=1S/C11H18N2O2/c1-8(5-6-14)13-11-4-3-9(15-2)7-10(11)12/h3-4,7-8,13-14H,5-6,12H2,1-2H3. The van der Waals surface area contributed by atoms with Crippen molar-refractivity contribution in [3.8, 4) is 5.75 Å². The van der Waals surface area contributed by atoms with E-state index in [0.29, 0.717) is 12.1 Å². The van der Waals surface area contributed by atoms with Crippen molar-refractivity contribution in [3.63, 3.8) is 0 Å². The van der Waals surface area contributed by atoms with Gasteiger partial charge in [-0.2, -0.15) is 0 Å². The summed E-state index contributed by atoms with van der Waals surface area (Å²) in [6.45, 7) is 2.17. The van der Waals surface area contributed by atoms with Gasteiger partial charge < -0.3 is 20.9 Å². The molecule has 0 heterocycles. The van der Waals surface area contributed by atoms with E-state index in [9.17, 15) is 0 Å². The van der Waals surface area contributed by atoms with E-state index in [0.717, 1.165) is 11.4 Å². The van der Waals surface area contributed by atoms with Crippen molar-refractivity contribution in [2.45, 2.75) is 19.4 Å². The lowest BCUT2D eigenvalue weighted by Crippen LogP contribution is -2.17. The first-order valence-corrected chi connectivity index (χ1v) is 4.98. The van der Waals surface area contributed by atoms with Crippen LogP contribution in [-0.2, 0) is 0 Å². The van der Waals surface area contributed by atoms with Crippen molar-refractivity contribution in [3.05, 3.63) is 18.2 Å². The summed E-state index contributed by atoms with van der Waals surface area (Å²) in [5, 5.41) is 12.0. The van der Waals surface area contributed by atoms with Crippen LogP contribution in [0.15, 0.2) is 18.2 Å². The Balaban J connectivity index is 2.69. The average molecular weight is 210 g/mol. The Bertz CT molecular complexity index is 315. The molecule has 1 rings (SSSR count). The predicted molar refractivity (Wildman–Crippen MR) is 62.2 cm³/mol. The molecule has 0 saturated carbocycles. The molecule has 15 heavy (non-hydrogen) atoms. The van der Waals surface area contributed by atoms with E-state index in [1.807, 2.05) is 19.1 Å². The van der Waals surface area contributed by atoms with E-state index in [1.54, 1.807) is 13.2 Å². The molecule has 0 aliphatic heterocycles. The molecule has 0 aromatic heterocycles. The predicted octanol–water partition coefficient (Wildman–Crippen LogP) is 1.46. The van der Waals surface area contributed by atoms with Gasteiger partial charge in [-0.05, 0) is 25.5 Å². The van der Waals surface area contributed by atoms with E-state index in [2.05, 4.69) is 5.32 Å². The molecule has 4 N–H and O–H groups in total. The van der Waals surface area contributed by atoms with Crippen LogP contribution in [0.5, 0.6) is 5.75 Å². The molecule has 4 nitrogen and oxygen atoms in total. The molecular formula is C11H18N2O2. The summed E-state index contributed by atoms with van der Waals surface area (Å²) in [4.78, 5) is 0. The number of nitrogens with two attached hydrogens (primary N) is 1. The van der Waals surface area contributed by atoms with E-state index in [4.69, 9.17) is 15.6 Å². The van der Waals surface area contributed by atoms with Gasteiger partial charge in [0, 0.05) is 18.7 Å². The largest absolute Gasteiger partial charge is 0.497 e. The highest BCUT2D eigenvalue weighted by Crippen LogP contribution is 2.24. The minimum Gasteiger partial charge on any atom is -0.497 e. The minimum atomic E-state index is 0.171. The van der Waals surface area contributed by atoms with Gasteiger partial charge >= 0.3 is 0 Å². The van der Waals surface area contributed by atoms with Gasteiger partial charge in [-0.25, -0.2) is 0 Å². The van der Waals surface area contributed by atoms with Crippen LogP contribution in [0.2, 0.25) is 0 Å². The molecule has 0 bridgehead atoms. The second kappa shape index (κ2) is 5.46. The Hall–Kier alpha value is -1.42. The molecule has 0 aliphatic rings. The Morgan fingerprint density at radius 3 is 2.80 bits per heavy atom. The van der Waals surface area contributed by atoms with Gasteiger partial charge in [-0.3, -0.25) is 0 Å². The molecule has 0 aliphatic carbocycles. The number of aliphatic hydroxyl groups excluding tert-OH is 1. The number of benzene rings is 1. The van der Waals surface area contributed by atoms with Crippen LogP contribution < -0.4 is 15.8 Å². The van der Waals surface area contributed by atoms with Crippen LogP contribution in [-0.4, -0.2) is 24.9 Å². The zero-order valence-corrected chi connectivity index (χ0v) is 9.16. The zero-order valence-electron chi connectivity index (χ0n) is 9.16. The Labute approximate surface area is 90.1 Å². The lowest BCUT2D eigenvalue weighted by atomic mass is 10.2. The van der Waals surface area contributed by atoms with Gasteiger partial charge in [0.2, 0.25) is 0 Å². The molecule has 0 fully saturated rings. The number of methoxy groups -OCH3 is 1. The van der Waals surface area contributed by atoms with Gasteiger partial charge in [0.25, 0.3) is 0 Å². The van der Waals surface area contributed by atoms with Gasteiger partial charge in [0.1, 0.15) is 5.75 Å². The van der Waals surface area contributed by atoms with Crippen LogP contribution in [0.4, 0.5) is 11.4 Å². The first kappa shape index (κ1) is 11.7. The summed E-state index contributed by atoms with van der Waals surface area (Å²) in [7, 11) is 1.61. The van der Waals surface area contributed by atoms with Gasteiger partial charge in [0.05, 0.1) is 18.5 Å². The van der Waals surface area contributed by atoms with Crippen LogP contribution in [0, 0.1) is 0 Å². The van der Waals surface area contributed by atoms with Crippen LogP contribution in [0.3, 0.4) is 0 Å². The first-order chi connectivity index (χ1) is 7.17. The molecule has 0 amide bonds. The zero-order chi connectivity index (χ0) is 11.3. The number of ether oxygens (including phenoxy) is 1. The fraction of sp³-hybridized carbons (Fsp3) is 0.455. The van der Waals surface area contributed by atoms with E-state index < -0.39 is 0 Å². The van der Waals surface area contributed by atoms with E-state index in [1.165, 1.54) is 0 Å². The Kier molecular flexibility index (Phi) is 4.24. The van der Waals surface area contributed by atoms with Gasteiger partial charge in [0.15, 0.2) is 0 Å². The number of hydrogen-bond donors (Lipinski definition) is 3. The maximum atomic E-state index is 8.77. The number of nitrogens with one attached hydrogen (secondary N) is 1. The average Bonchev–Trinajstić information content (AvgIpc) is 2.21. The summed E-state index contributed by atoms with van der Waals surface area (Å²) < 4.78 is 5.05. The molecule has 1 aromatic rings. The number of rotatable bonds is 5. The normalized spacial score (nSPS) is 12.2. The van der Waals surface area contributed by atoms with Crippen LogP contribution in [0.25, 0.3) is 0 Å². The SMILES string of the molecule is COc1ccc(NC(C)CCO)c(N)c1. The molecule has 0 radical (unpaired) electrons. The maximum absolute atomic E-state index is 8.77. The third kappa shape index (κ3) is 3.32. The lowest BCUT2D eigenvalue weighted by Gasteiger charge is -2.16.